The molecule has 5 nitrogen and oxygen atoms in total. The molecule has 0 aromatic heterocycles. The molecule has 5 heteroatoms. The first kappa shape index (κ1) is 22.2. The minimum atomic E-state index is 0.0590. The van der Waals surface area contributed by atoms with Crippen LogP contribution in [0.25, 0.3) is 0 Å². The van der Waals surface area contributed by atoms with Gasteiger partial charge in [0.15, 0.2) is 0 Å². The van der Waals surface area contributed by atoms with E-state index in [-0.39, 0.29) is 11.9 Å². The normalized spacial score (nSPS) is 15.2. The highest BCUT2D eigenvalue weighted by Gasteiger charge is 2.21. The van der Waals surface area contributed by atoms with Gasteiger partial charge in [-0.05, 0) is 74.8 Å². The molecule has 162 valence electrons. The van der Waals surface area contributed by atoms with Gasteiger partial charge in [-0.15, -0.1) is 0 Å². The van der Waals surface area contributed by atoms with Gasteiger partial charge < -0.3 is 21.3 Å². The molecule has 1 aliphatic heterocycles. The summed E-state index contributed by atoms with van der Waals surface area (Å²) in [6.07, 6.45) is 3.11. The van der Waals surface area contributed by atoms with E-state index in [1.165, 1.54) is 5.56 Å². The highest BCUT2D eigenvalue weighted by atomic mass is 16.2. The van der Waals surface area contributed by atoms with Crippen LogP contribution in [0.3, 0.4) is 0 Å². The summed E-state index contributed by atoms with van der Waals surface area (Å²) >= 11 is 0. The standard InChI is InChI=1S/C25H36N4O/c1-17-19(3)25(20(4)18(2)24(17)26)27-16-23(30)28-22-11-14-29(15-12-22)13-10-21-8-6-5-7-9-21/h5-9,22,27H,10-16,26H2,1-4H3,(H,28,30). The lowest BCUT2D eigenvalue weighted by atomic mass is 9.96. The van der Waals surface area contributed by atoms with E-state index >= 15 is 0 Å². The van der Waals surface area contributed by atoms with Crippen molar-refractivity contribution in [1.82, 2.24) is 10.2 Å². The Bertz CT molecular complexity index is 841. The van der Waals surface area contributed by atoms with Crippen LogP contribution in [0.4, 0.5) is 11.4 Å². The highest BCUT2D eigenvalue weighted by Crippen LogP contribution is 2.32. The molecule has 0 bridgehead atoms. The van der Waals surface area contributed by atoms with Crippen LogP contribution in [0.5, 0.6) is 0 Å². The van der Waals surface area contributed by atoms with Crippen molar-refractivity contribution in [2.24, 2.45) is 0 Å². The van der Waals surface area contributed by atoms with Gasteiger partial charge in [0.1, 0.15) is 0 Å². The molecule has 4 N–H and O–H groups in total. The maximum Gasteiger partial charge on any atom is 0.239 e. The van der Waals surface area contributed by atoms with Gasteiger partial charge >= 0.3 is 0 Å². The minimum absolute atomic E-state index is 0.0590. The minimum Gasteiger partial charge on any atom is -0.398 e. The first-order valence-corrected chi connectivity index (χ1v) is 11.0. The van der Waals surface area contributed by atoms with Crippen LogP contribution in [0, 0.1) is 27.7 Å². The number of hydrogen-bond donors (Lipinski definition) is 3. The Kier molecular flexibility index (Phi) is 7.38. The molecule has 3 rings (SSSR count). The van der Waals surface area contributed by atoms with Crippen molar-refractivity contribution in [2.45, 2.75) is 53.0 Å². The predicted octanol–water partition coefficient (Wildman–Crippen LogP) is 3.74. The van der Waals surface area contributed by atoms with E-state index in [4.69, 9.17) is 5.73 Å². The molecule has 1 amide bonds. The van der Waals surface area contributed by atoms with Crippen LogP contribution in [-0.4, -0.2) is 43.0 Å². The lowest BCUT2D eigenvalue weighted by Crippen LogP contribution is -2.46. The summed E-state index contributed by atoms with van der Waals surface area (Å²) in [6.45, 7) is 11.6. The van der Waals surface area contributed by atoms with Gasteiger partial charge in [0.2, 0.25) is 5.91 Å². The van der Waals surface area contributed by atoms with Crippen LogP contribution in [-0.2, 0) is 11.2 Å². The molecule has 0 radical (unpaired) electrons. The van der Waals surface area contributed by atoms with Gasteiger partial charge in [-0.25, -0.2) is 0 Å². The maximum atomic E-state index is 12.5. The summed E-state index contributed by atoms with van der Waals surface area (Å²) in [5.74, 6) is 0.0590. The number of anilines is 2. The van der Waals surface area contributed by atoms with Gasteiger partial charge in [-0.1, -0.05) is 30.3 Å². The molecule has 0 unspecified atom stereocenters. The predicted molar refractivity (Wildman–Crippen MR) is 126 cm³/mol. The Morgan fingerprint density at radius 2 is 1.60 bits per heavy atom. The first-order chi connectivity index (χ1) is 14.4. The van der Waals surface area contributed by atoms with Crippen molar-refractivity contribution < 1.29 is 4.79 Å². The van der Waals surface area contributed by atoms with Crippen molar-refractivity contribution >= 4 is 17.3 Å². The van der Waals surface area contributed by atoms with E-state index < -0.39 is 0 Å². The van der Waals surface area contributed by atoms with E-state index in [2.05, 4.69) is 59.7 Å². The Morgan fingerprint density at radius 1 is 1.00 bits per heavy atom. The van der Waals surface area contributed by atoms with Crippen molar-refractivity contribution in [3.8, 4) is 0 Å². The smallest absolute Gasteiger partial charge is 0.239 e. The summed E-state index contributed by atoms with van der Waals surface area (Å²) in [7, 11) is 0. The van der Waals surface area contributed by atoms with E-state index in [9.17, 15) is 4.79 Å². The highest BCUT2D eigenvalue weighted by molar-refractivity contribution is 5.82. The van der Waals surface area contributed by atoms with Crippen molar-refractivity contribution in [2.75, 3.05) is 37.2 Å². The summed E-state index contributed by atoms with van der Waals surface area (Å²) in [6, 6.07) is 10.9. The summed E-state index contributed by atoms with van der Waals surface area (Å²) in [5.41, 5.74) is 13.9. The largest absolute Gasteiger partial charge is 0.398 e. The third-order valence-corrected chi connectivity index (χ3v) is 6.62. The number of piperidine rings is 1. The zero-order valence-corrected chi connectivity index (χ0v) is 18.8. The Morgan fingerprint density at radius 3 is 2.20 bits per heavy atom. The van der Waals surface area contributed by atoms with Crippen LogP contribution in [0.1, 0.15) is 40.7 Å². The van der Waals surface area contributed by atoms with Crippen LogP contribution >= 0.6 is 0 Å². The van der Waals surface area contributed by atoms with E-state index in [1.54, 1.807) is 0 Å². The number of nitrogens with zero attached hydrogens (tertiary/aromatic N) is 1. The third kappa shape index (κ3) is 5.33. The number of hydrogen-bond acceptors (Lipinski definition) is 4. The second-order valence-corrected chi connectivity index (χ2v) is 8.56. The molecule has 1 saturated heterocycles. The van der Waals surface area contributed by atoms with Gasteiger partial charge in [0, 0.05) is 37.1 Å². The summed E-state index contributed by atoms with van der Waals surface area (Å²) in [4.78, 5) is 15.0. The van der Waals surface area contributed by atoms with Crippen LogP contribution in [0.15, 0.2) is 30.3 Å². The second kappa shape index (κ2) is 9.98. The topological polar surface area (TPSA) is 70.4 Å². The van der Waals surface area contributed by atoms with Gasteiger partial charge in [-0.3, -0.25) is 4.79 Å². The van der Waals surface area contributed by atoms with Crippen LogP contribution in [0.2, 0.25) is 0 Å². The molecule has 1 aliphatic rings. The average Bonchev–Trinajstić information content (AvgIpc) is 2.76. The van der Waals surface area contributed by atoms with Gasteiger partial charge in [-0.2, -0.15) is 0 Å². The van der Waals surface area contributed by atoms with E-state index in [0.717, 1.165) is 72.5 Å². The van der Waals surface area contributed by atoms with E-state index in [0.29, 0.717) is 6.54 Å². The summed E-state index contributed by atoms with van der Waals surface area (Å²) < 4.78 is 0. The Labute approximate surface area is 181 Å². The summed E-state index contributed by atoms with van der Waals surface area (Å²) in [5, 5.41) is 6.56. The van der Waals surface area contributed by atoms with Crippen molar-refractivity contribution in [1.29, 1.82) is 0 Å². The van der Waals surface area contributed by atoms with Crippen molar-refractivity contribution in [3.63, 3.8) is 0 Å². The van der Waals surface area contributed by atoms with Crippen LogP contribution < -0.4 is 16.4 Å². The first-order valence-electron chi connectivity index (χ1n) is 11.0. The molecule has 0 aliphatic carbocycles. The number of likely N-dealkylation sites (tertiary alicyclic amines) is 1. The monoisotopic (exact) mass is 408 g/mol. The molecule has 2 aromatic rings. The second-order valence-electron chi connectivity index (χ2n) is 8.56. The molecule has 0 spiro atoms. The van der Waals surface area contributed by atoms with E-state index in [1.807, 2.05) is 13.8 Å². The van der Waals surface area contributed by atoms with Gasteiger partial charge in [0.05, 0.1) is 6.54 Å². The lowest BCUT2D eigenvalue weighted by Gasteiger charge is -2.32. The molecule has 30 heavy (non-hydrogen) atoms. The fraction of sp³-hybridized carbons (Fsp3) is 0.480. The number of amides is 1. The number of rotatable bonds is 7. The fourth-order valence-corrected chi connectivity index (χ4v) is 4.29. The molecule has 0 saturated carbocycles. The zero-order valence-electron chi connectivity index (χ0n) is 18.8. The molecule has 1 fully saturated rings. The number of carbonyl (C=O) groups excluding carboxylic acids is 1. The lowest BCUT2D eigenvalue weighted by molar-refractivity contribution is -0.120. The molecule has 2 aromatic carbocycles. The quantitative estimate of drug-likeness (QED) is 0.611. The molecule has 1 heterocycles. The third-order valence-electron chi connectivity index (χ3n) is 6.62. The SMILES string of the molecule is Cc1c(C)c(NCC(=O)NC2CCN(CCc3ccccc3)CC2)c(C)c(C)c1N. The molecular formula is C25H36N4O. The Hall–Kier alpha value is -2.53. The number of nitrogens with two attached hydrogens (primary N) is 1. The zero-order chi connectivity index (χ0) is 21.7. The molecular weight excluding hydrogens is 372 g/mol. The average molecular weight is 409 g/mol. The number of carbonyl (C=O) groups is 1. The molecule has 0 atom stereocenters. The fourth-order valence-electron chi connectivity index (χ4n) is 4.29. The number of nitrogens with one attached hydrogen (secondary N) is 2. The van der Waals surface area contributed by atoms with Gasteiger partial charge in [0.25, 0.3) is 0 Å². The maximum absolute atomic E-state index is 12.5. The number of nitrogen functional groups attached to an aromatic ring is 1. The Balaban J connectivity index is 1.43. The number of benzene rings is 2. The van der Waals surface area contributed by atoms with Crippen molar-refractivity contribution in [3.05, 3.63) is 58.1 Å².